The van der Waals surface area contributed by atoms with Gasteiger partial charge in [0.25, 0.3) is 0 Å². The normalized spacial score (nSPS) is 10.1. The molecular weight excluding hydrogens is 192 g/mol. The Morgan fingerprint density at radius 3 is 1.87 bits per heavy atom. The number of benzene rings is 1. The maximum atomic E-state index is 10.6. The molecule has 0 aliphatic heterocycles. The first-order chi connectivity index (χ1) is 7.30. The van der Waals surface area contributed by atoms with E-state index >= 15 is 0 Å². The Bertz CT molecular complexity index is 379. The summed E-state index contributed by atoms with van der Waals surface area (Å²) in [5, 5.41) is 0. The van der Waals surface area contributed by atoms with Crippen molar-refractivity contribution in [3.8, 4) is 0 Å². The molecule has 76 valence electrons. The van der Waals surface area contributed by atoms with Gasteiger partial charge in [0.15, 0.2) is 0 Å². The molecule has 0 saturated heterocycles. The lowest BCUT2D eigenvalue weighted by molar-refractivity contribution is -0.107. The number of rotatable bonds is 5. The van der Waals surface area contributed by atoms with Crippen LogP contribution in [0.15, 0.2) is 24.3 Å². The van der Waals surface area contributed by atoms with E-state index in [4.69, 9.17) is 0 Å². The van der Waals surface area contributed by atoms with Crippen LogP contribution in [0.1, 0.15) is 32.7 Å². The number of allylic oxidation sites excluding steroid dienone is 1. The van der Waals surface area contributed by atoms with E-state index in [1.54, 1.807) is 24.3 Å². The Morgan fingerprint density at radius 2 is 1.40 bits per heavy atom. The molecule has 0 fully saturated rings. The number of aldehydes is 3. The van der Waals surface area contributed by atoms with Gasteiger partial charge in [-0.15, -0.1) is 0 Å². The molecule has 0 heterocycles. The van der Waals surface area contributed by atoms with Gasteiger partial charge in [-0.1, -0.05) is 12.2 Å². The topological polar surface area (TPSA) is 51.2 Å². The van der Waals surface area contributed by atoms with Crippen LogP contribution in [0.2, 0.25) is 0 Å². The van der Waals surface area contributed by atoms with Crippen LogP contribution in [0.5, 0.6) is 0 Å². The predicted octanol–water partition coefficient (Wildman–Crippen LogP) is 1.91. The average Bonchev–Trinajstić information content (AvgIpc) is 2.29. The minimum atomic E-state index is 0.321. The first kappa shape index (κ1) is 11.0. The van der Waals surface area contributed by atoms with Crippen molar-refractivity contribution in [1.29, 1.82) is 0 Å². The fraction of sp³-hybridized carbons (Fsp3) is 0.0833. The van der Waals surface area contributed by atoms with Crippen LogP contribution < -0.4 is 0 Å². The van der Waals surface area contributed by atoms with Crippen molar-refractivity contribution in [2.45, 2.75) is 6.42 Å². The molecule has 1 aromatic rings. The first-order valence-corrected chi connectivity index (χ1v) is 4.46. The second-order valence-electron chi connectivity index (χ2n) is 2.97. The number of carbonyl (C=O) groups is 3. The lowest BCUT2D eigenvalue weighted by atomic mass is 10.1. The SMILES string of the molecule is O=CCC=Cc1cc(C=O)cc(C=O)c1. The summed E-state index contributed by atoms with van der Waals surface area (Å²) in [6.45, 7) is 0. The summed E-state index contributed by atoms with van der Waals surface area (Å²) in [6, 6.07) is 4.82. The molecule has 3 nitrogen and oxygen atoms in total. The number of hydrogen-bond donors (Lipinski definition) is 0. The molecule has 0 aliphatic rings. The van der Waals surface area contributed by atoms with Gasteiger partial charge in [-0.3, -0.25) is 9.59 Å². The molecule has 0 spiro atoms. The summed E-state index contributed by atoms with van der Waals surface area (Å²) in [6.07, 6.45) is 5.84. The van der Waals surface area contributed by atoms with Gasteiger partial charge in [0, 0.05) is 17.5 Å². The molecule has 0 amide bonds. The van der Waals surface area contributed by atoms with Crippen molar-refractivity contribution < 1.29 is 14.4 Å². The Labute approximate surface area is 87.4 Å². The molecule has 3 heteroatoms. The third-order valence-corrected chi connectivity index (χ3v) is 1.81. The van der Waals surface area contributed by atoms with Crippen molar-refractivity contribution in [1.82, 2.24) is 0 Å². The van der Waals surface area contributed by atoms with Crippen LogP contribution in [0.25, 0.3) is 6.08 Å². The van der Waals surface area contributed by atoms with Gasteiger partial charge < -0.3 is 4.79 Å². The van der Waals surface area contributed by atoms with Crippen LogP contribution in [-0.4, -0.2) is 18.9 Å². The van der Waals surface area contributed by atoms with Gasteiger partial charge in [0.05, 0.1) is 0 Å². The van der Waals surface area contributed by atoms with E-state index in [0.717, 1.165) is 11.8 Å². The van der Waals surface area contributed by atoms with Crippen molar-refractivity contribution >= 4 is 24.9 Å². The van der Waals surface area contributed by atoms with E-state index in [9.17, 15) is 14.4 Å². The molecule has 0 radical (unpaired) electrons. The van der Waals surface area contributed by atoms with Crippen LogP contribution in [0.4, 0.5) is 0 Å². The van der Waals surface area contributed by atoms with Crippen molar-refractivity contribution in [3.05, 3.63) is 41.0 Å². The molecule has 15 heavy (non-hydrogen) atoms. The zero-order valence-corrected chi connectivity index (χ0v) is 8.05. The van der Waals surface area contributed by atoms with Crippen LogP contribution in [0.3, 0.4) is 0 Å². The Hall–Kier alpha value is -2.03. The molecule has 1 aromatic carbocycles. The van der Waals surface area contributed by atoms with Gasteiger partial charge in [0.1, 0.15) is 18.9 Å². The number of carbonyl (C=O) groups excluding carboxylic acids is 3. The van der Waals surface area contributed by atoms with Gasteiger partial charge in [-0.2, -0.15) is 0 Å². The van der Waals surface area contributed by atoms with Gasteiger partial charge in [-0.05, 0) is 23.8 Å². The summed E-state index contributed by atoms with van der Waals surface area (Å²) in [5.41, 5.74) is 1.64. The molecule has 0 N–H and O–H groups in total. The smallest absolute Gasteiger partial charge is 0.150 e. The molecule has 1 rings (SSSR count). The van der Waals surface area contributed by atoms with Crippen LogP contribution >= 0.6 is 0 Å². The van der Waals surface area contributed by atoms with E-state index in [1.807, 2.05) is 0 Å². The fourth-order valence-corrected chi connectivity index (χ4v) is 1.19. The van der Waals surface area contributed by atoms with Crippen LogP contribution in [0, 0.1) is 0 Å². The average molecular weight is 202 g/mol. The number of hydrogen-bond acceptors (Lipinski definition) is 3. The summed E-state index contributed by atoms with van der Waals surface area (Å²) >= 11 is 0. The summed E-state index contributed by atoms with van der Waals surface area (Å²) in [4.78, 5) is 31.2. The van der Waals surface area contributed by atoms with Crippen molar-refractivity contribution in [2.24, 2.45) is 0 Å². The quantitative estimate of drug-likeness (QED) is 0.685. The van der Waals surface area contributed by atoms with E-state index in [2.05, 4.69) is 0 Å². The second kappa shape index (κ2) is 5.65. The lowest BCUT2D eigenvalue weighted by Crippen LogP contribution is -1.87. The second-order valence-corrected chi connectivity index (χ2v) is 2.97. The standard InChI is InChI=1S/C12H10O3/c13-4-2-1-3-10-5-11(8-14)7-12(6-10)9-15/h1,3-9H,2H2. The van der Waals surface area contributed by atoms with Crippen molar-refractivity contribution in [3.63, 3.8) is 0 Å². The fourth-order valence-electron chi connectivity index (χ4n) is 1.19. The maximum absolute atomic E-state index is 10.6. The third-order valence-electron chi connectivity index (χ3n) is 1.81. The molecule has 0 bridgehead atoms. The Balaban J connectivity index is 3.01. The monoisotopic (exact) mass is 202 g/mol. The molecule has 0 aliphatic carbocycles. The minimum absolute atomic E-state index is 0.321. The molecule has 0 atom stereocenters. The van der Waals surface area contributed by atoms with E-state index in [0.29, 0.717) is 30.1 Å². The summed E-state index contributed by atoms with van der Waals surface area (Å²) in [5.74, 6) is 0. The van der Waals surface area contributed by atoms with Gasteiger partial charge in [-0.25, -0.2) is 0 Å². The predicted molar refractivity (Wildman–Crippen MR) is 56.9 cm³/mol. The highest BCUT2D eigenvalue weighted by Gasteiger charge is 1.97. The minimum Gasteiger partial charge on any atom is -0.303 e. The first-order valence-electron chi connectivity index (χ1n) is 4.46. The van der Waals surface area contributed by atoms with Gasteiger partial charge in [0.2, 0.25) is 0 Å². The Morgan fingerprint density at radius 1 is 0.867 bits per heavy atom. The lowest BCUT2D eigenvalue weighted by Gasteiger charge is -1.97. The zero-order chi connectivity index (χ0) is 11.1. The van der Waals surface area contributed by atoms with E-state index in [1.165, 1.54) is 6.07 Å². The summed E-state index contributed by atoms with van der Waals surface area (Å²) < 4.78 is 0. The van der Waals surface area contributed by atoms with E-state index < -0.39 is 0 Å². The van der Waals surface area contributed by atoms with Gasteiger partial charge >= 0.3 is 0 Å². The molecule has 0 saturated carbocycles. The highest BCUT2D eigenvalue weighted by atomic mass is 16.1. The molecular formula is C12H10O3. The largest absolute Gasteiger partial charge is 0.303 e. The van der Waals surface area contributed by atoms with Crippen LogP contribution in [-0.2, 0) is 4.79 Å². The van der Waals surface area contributed by atoms with E-state index in [-0.39, 0.29) is 0 Å². The Kier molecular flexibility index (Phi) is 4.16. The highest BCUT2D eigenvalue weighted by molar-refractivity contribution is 5.84. The maximum Gasteiger partial charge on any atom is 0.150 e. The zero-order valence-electron chi connectivity index (χ0n) is 8.05. The summed E-state index contributed by atoms with van der Waals surface area (Å²) in [7, 11) is 0. The van der Waals surface area contributed by atoms with Crippen molar-refractivity contribution in [2.75, 3.05) is 0 Å². The molecule has 0 unspecified atom stereocenters. The third kappa shape index (κ3) is 3.31. The highest BCUT2D eigenvalue weighted by Crippen LogP contribution is 2.09. The molecule has 0 aromatic heterocycles.